The maximum absolute atomic E-state index is 5.66. The second-order valence-corrected chi connectivity index (χ2v) is 4.26. The highest BCUT2D eigenvalue weighted by Crippen LogP contribution is 2.26. The zero-order chi connectivity index (χ0) is 13.8. The molecule has 0 aliphatic rings. The number of nitrogens with zero attached hydrogens (tertiary/aromatic N) is 2. The predicted octanol–water partition coefficient (Wildman–Crippen LogP) is 1.98. The van der Waals surface area contributed by atoms with Crippen LogP contribution < -0.4 is 15.2 Å². The van der Waals surface area contributed by atoms with Crippen LogP contribution in [0.15, 0.2) is 24.3 Å². The van der Waals surface area contributed by atoms with E-state index in [-0.39, 0.29) is 0 Å². The van der Waals surface area contributed by atoms with Crippen LogP contribution in [0.1, 0.15) is 16.8 Å². The number of aromatic nitrogens is 2. The number of benzene rings is 1. The van der Waals surface area contributed by atoms with Crippen molar-refractivity contribution in [2.45, 2.75) is 13.3 Å². The van der Waals surface area contributed by atoms with Crippen molar-refractivity contribution in [3.05, 3.63) is 41.1 Å². The molecule has 5 heteroatoms. The number of hydrogen-bond donors (Lipinski definition) is 1. The fraction of sp³-hybridized carbons (Fsp3) is 0.286. The van der Waals surface area contributed by atoms with Gasteiger partial charge in [-0.1, -0.05) is 6.07 Å². The van der Waals surface area contributed by atoms with E-state index in [4.69, 9.17) is 15.2 Å². The summed E-state index contributed by atoms with van der Waals surface area (Å²) in [5, 5.41) is 8.02. The van der Waals surface area contributed by atoms with Gasteiger partial charge >= 0.3 is 0 Å². The van der Waals surface area contributed by atoms with E-state index in [9.17, 15) is 0 Å². The molecular formula is C14H17N3O2. The summed E-state index contributed by atoms with van der Waals surface area (Å²) in [5.74, 6) is 2.00. The molecule has 0 saturated heterocycles. The zero-order valence-electron chi connectivity index (χ0n) is 11.3. The van der Waals surface area contributed by atoms with Gasteiger partial charge < -0.3 is 15.2 Å². The van der Waals surface area contributed by atoms with Crippen LogP contribution in [0.3, 0.4) is 0 Å². The van der Waals surface area contributed by atoms with Crippen molar-refractivity contribution in [3.63, 3.8) is 0 Å². The Morgan fingerprint density at radius 3 is 2.53 bits per heavy atom. The molecule has 0 radical (unpaired) electrons. The van der Waals surface area contributed by atoms with Crippen molar-refractivity contribution in [2.24, 2.45) is 0 Å². The Hall–Kier alpha value is -2.30. The smallest absolute Gasteiger partial charge is 0.149 e. The lowest BCUT2D eigenvalue weighted by Crippen LogP contribution is -2.02. The fourth-order valence-electron chi connectivity index (χ4n) is 1.83. The molecule has 19 heavy (non-hydrogen) atoms. The summed E-state index contributed by atoms with van der Waals surface area (Å²) in [6, 6.07) is 7.65. The molecule has 0 aliphatic heterocycles. The number of nitrogen functional groups attached to an aromatic ring is 1. The lowest BCUT2D eigenvalue weighted by Gasteiger charge is -2.10. The maximum Gasteiger partial charge on any atom is 0.149 e. The summed E-state index contributed by atoms with van der Waals surface area (Å²) < 4.78 is 10.5. The highest BCUT2D eigenvalue weighted by atomic mass is 16.5. The van der Waals surface area contributed by atoms with Gasteiger partial charge in [0.1, 0.15) is 17.3 Å². The highest BCUT2D eigenvalue weighted by molar-refractivity contribution is 5.44. The average molecular weight is 259 g/mol. The van der Waals surface area contributed by atoms with Gasteiger partial charge in [-0.15, -0.1) is 5.10 Å². The van der Waals surface area contributed by atoms with Crippen LogP contribution in [-0.4, -0.2) is 24.4 Å². The first-order valence-electron chi connectivity index (χ1n) is 5.93. The molecule has 2 N–H and O–H groups in total. The van der Waals surface area contributed by atoms with Crippen LogP contribution in [0.4, 0.5) is 5.82 Å². The molecule has 0 amide bonds. The minimum Gasteiger partial charge on any atom is -0.497 e. The van der Waals surface area contributed by atoms with Crippen LogP contribution in [-0.2, 0) is 6.42 Å². The minimum absolute atomic E-state index is 0.463. The fourth-order valence-corrected chi connectivity index (χ4v) is 1.83. The third-order valence-corrected chi connectivity index (χ3v) is 2.94. The molecule has 0 aliphatic carbocycles. The monoisotopic (exact) mass is 259 g/mol. The number of methoxy groups -OCH3 is 2. The van der Waals surface area contributed by atoms with Crippen molar-refractivity contribution in [1.82, 2.24) is 10.2 Å². The van der Waals surface area contributed by atoms with Crippen LogP contribution in [0, 0.1) is 6.92 Å². The molecule has 1 aromatic carbocycles. The zero-order valence-corrected chi connectivity index (χ0v) is 11.3. The molecule has 0 unspecified atom stereocenters. The first-order chi connectivity index (χ1) is 9.13. The van der Waals surface area contributed by atoms with E-state index >= 15 is 0 Å². The number of ether oxygens (including phenoxy) is 2. The van der Waals surface area contributed by atoms with E-state index in [2.05, 4.69) is 10.2 Å². The summed E-state index contributed by atoms with van der Waals surface area (Å²) in [7, 11) is 3.27. The Morgan fingerprint density at radius 1 is 1.11 bits per heavy atom. The second kappa shape index (κ2) is 5.56. The average Bonchev–Trinajstić information content (AvgIpc) is 2.43. The van der Waals surface area contributed by atoms with E-state index < -0.39 is 0 Å². The van der Waals surface area contributed by atoms with Crippen LogP contribution in [0.2, 0.25) is 0 Å². The maximum atomic E-state index is 5.66. The lowest BCUT2D eigenvalue weighted by molar-refractivity contribution is 0.391. The summed E-state index contributed by atoms with van der Waals surface area (Å²) in [6.07, 6.45) is 0.640. The number of nitrogens with two attached hydrogens (primary N) is 1. The summed E-state index contributed by atoms with van der Waals surface area (Å²) >= 11 is 0. The third-order valence-electron chi connectivity index (χ3n) is 2.94. The van der Waals surface area contributed by atoms with Crippen molar-refractivity contribution in [1.29, 1.82) is 0 Å². The van der Waals surface area contributed by atoms with E-state index in [1.165, 1.54) is 0 Å². The molecule has 0 spiro atoms. The standard InChI is InChI=1S/C14H17N3O2/c1-9-6-11(16-17-14(9)15)7-10-4-5-12(18-2)8-13(10)19-3/h4-6,8H,7H2,1-3H3,(H2,15,17). The molecule has 0 fully saturated rings. The van der Waals surface area contributed by atoms with Gasteiger partial charge in [0.15, 0.2) is 0 Å². The Bertz CT molecular complexity index is 585. The second-order valence-electron chi connectivity index (χ2n) is 4.26. The van der Waals surface area contributed by atoms with Gasteiger partial charge in [-0.25, -0.2) is 0 Å². The van der Waals surface area contributed by atoms with E-state index in [0.717, 1.165) is 28.3 Å². The number of aryl methyl sites for hydroxylation is 1. The van der Waals surface area contributed by atoms with Gasteiger partial charge in [-0.2, -0.15) is 5.10 Å². The number of anilines is 1. The molecule has 0 bridgehead atoms. The SMILES string of the molecule is COc1ccc(Cc2cc(C)c(N)nn2)c(OC)c1. The van der Waals surface area contributed by atoms with E-state index in [0.29, 0.717) is 12.2 Å². The molecule has 0 atom stereocenters. The largest absolute Gasteiger partial charge is 0.497 e. The molecule has 1 aromatic heterocycles. The topological polar surface area (TPSA) is 70.3 Å². The van der Waals surface area contributed by atoms with Gasteiger partial charge in [-0.05, 0) is 24.6 Å². The van der Waals surface area contributed by atoms with Crippen LogP contribution in [0.5, 0.6) is 11.5 Å². The number of hydrogen-bond acceptors (Lipinski definition) is 5. The van der Waals surface area contributed by atoms with Gasteiger partial charge in [-0.3, -0.25) is 0 Å². The predicted molar refractivity (Wildman–Crippen MR) is 73.5 cm³/mol. The lowest BCUT2D eigenvalue weighted by atomic mass is 10.1. The molecular weight excluding hydrogens is 242 g/mol. The molecule has 1 heterocycles. The Morgan fingerprint density at radius 2 is 1.89 bits per heavy atom. The van der Waals surface area contributed by atoms with Crippen molar-refractivity contribution in [3.8, 4) is 11.5 Å². The molecule has 2 aromatic rings. The first-order valence-corrected chi connectivity index (χ1v) is 5.93. The highest BCUT2D eigenvalue weighted by Gasteiger charge is 2.08. The first kappa shape index (κ1) is 13.1. The van der Waals surface area contributed by atoms with Gasteiger partial charge in [0.05, 0.1) is 19.9 Å². The summed E-state index contributed by atoms with van der Waals surface area (Å²) in [4.78, 5) is 0. The van der Waals surface area contributed by atoms with Crippen LogP contribution >= 0.6 is 0 Å². The van der Waals surface area contributed by atoms with Crippen LogP contribution in [0.25, 0.3) is 0 Å². The summed E-state index contributed by atoms with van der Waals surface area (Å²) in [5.41, 5.74) is 8.48. The van der Waals surface area contributed by atoms with E-state index in [1.807, 2.05) is 31.2 Å². The Balaban J connectivity index is 2.29. The third kappa shape index (κ3) is 2.93. The van der Waals surface area contributed by atoms with Gasteiger partial charge in [0, 0.05) is 18.1 Å². The normalized spacial score (nSPS) is 10.3. The van der Waals surface area contributed by atoms with Crippen molar-refractivity contribution in [2.75, 3.05) is 20.0 Å². The Kier molecular flexibility index (Phi) is 3.85. The quantitative estimate of drug-likeness (QED) is 0.909. The minimum atomic E-state index is 0.463. The molecule has 2 rings (SSSR count). The van der Waals surface area contributed by atoms with Crippen molar-refractivity contribution >= 4 is 5.82 Å². The van der Waals surface area contributed by atoms with Gasteiger partial charge in [0.2, 0.25) is 0 Å². The van der Waals surface area contributed by atoms with Crippen molar-refractivity contribution < 1.29 is 9.47 Å². The molecule has 5 nitrogen and oxygen atoms in total. The summed E-state index contributed by atoms with van der Waals surface area (Å²) in [6.45, 7) is 1.92. The molecule has 0 saturated carbocycles. The van der Waals surface area contributed by atoms with Gasteiger partial charge in [0.25, 0.3) is 0 Å². The molecule has 100 valence electrons. The Labute approximate surface area is 112 Å². The van der Waals surface area contributed by atoms with E-state index in [1.54, 1.807) is 14.2 Å². The number of rotatable bonds is 4.